The molecule has 4 N–H and O–H groups in total. The third-order valence-corrected chi connectivity index (χ3v) is 5.81. The number of hydrogen-bond donors (Lipinski definition) is 3. The topological polar surface area (TPSA) is 120 Å². The first-order valence-corrected chi connectivity index (χ1v) is 10.6. The quantitative estimate of drug-likeness (QED) is 0.422. The number of carbonyl (C=O) groups is 2. The summed E-state index contributed by atoms with van der Waals surface area (Å²) in [6.07, 6.45) is 0.525. The number of nitrogens with zero attached hydrogens (tertiary/aromatic N) is 2. The van der Waals surface area contributed by atoms with Crippen molar-refractivity contribution < 1.29 is 19.4 Å². The lowest BCUT2D eigenvalue weighted by Gasteiger charge is -2.30. The highest BCUT2D eigenvalue weighted by molar-refractivity contribution is 6.29. The molecule has 2 aliphatic rings. The Balaban J connectivity index is 0.00000306. The molecule has 0 aliphatic carbocycles. The number of carbonyl (C=O) groups excluding carboxylic acids is 1. The Kier molecular flexibility index (Phi) is 7.73. The fourth-order valence-electron chi connectivity index (χ4n) is 4.06. The predicted molar refractivity (Wildman–Crippen MR) is 129 cm³/mol. The average Bonchev–Trinajstić information content (AvgIpc) is 3.15. The van der Waals surface area contributed by atoms with Gasteiger partial charge in [0.1, 0.15) is 5.84 Å². The number of nitrogens with one attached hydrogen (secondary N) is 1. The van der Waals surface area contributed by atoms with Gasteiger partial charge in [-0.05, 0) is 41.8 Å². The van der Waals surface area contributed by atoms with Gasteiger partial charge < -0.3 is 25.4 Å². The number of morpholine rings is 1. The van der Waals surface area contributed by atoms with Crippen molar-refractivity contribution in [2.45, 2.75) is 12.8 Å². The minimum Gasteiger partial charge on any atom is -0.481 e. The molecule has 1 saturated heterocycles. The number of aliphatic carboxylic acids is 1. The van der Waals surface area contributed by atoms with E-state index in [1.165, 1.54) is 0 Å². The standard InChI is InChI=1S/C24H26N4O4.ClH/c25-23(26)18-6-8-19(9-7-18)28-15-20(27-11-13-32-14-12-27)22(24(28)31)17-4-1-16(2-5-17)3-10-21(29)30;/h1-2,4-9H,3,10-15H2,(H3,25,26)(H,29,30);1H. The Morgan fingerprint density at radius 1 is 1.06 bits per heavy atom. The van der Waals surface area contributed by atoms with Crippen LogP contribution < -0.4 is 10.6 Å². The Bertz CT molecular complexity index is 1060. The lowest BCUT2D eigenvalue weighted by atomic mass is 10.0. The van der Waals surface area contributed by atoms with Gasteiger partial charge in [-0.1, -0.05) is 24.3 Å². The van der Waals surface area contributed by atoms with Gasteiger partial charge in [0.25, 0.3) is 5.91 Å². The number of aryl methyl sites for hydroxylation is 1. The molecule has 0 aromatic heterocycles. The van der Waals surface area contributed by atoms with E-state index >= 15 is 0 Å². The van der Waals surface area contributed by atoms with Gasteiger partial charge in [-0.15, -0.1) is 12.4 Å². The SMILES string of the molecule is Cl.N=C(N)c1ccc(N2CC(N3CCOCC3)=C(c3ccc(CCC(=O)O)cc3)C2=O)cc1. The van der Waals surface area contributed by atoms with Crippen molar-refractivity contribution in [1.82, 2.24) is 4.90 Å². The van der Waals surface area contributed by atoms with Gasteiger partial charge >= 0.3 is 5.97 Å². The summed E-state index contributed by atoms with van der Waals surface area (Å²) in [7, 11) is 0. The monoisotopic (exact) mass is 470 g/mol. The zero-order valence-electron chi connectivity index (χ0n) is 18.1. The Morgan fingerprint density at radius 3 is 2.27 bits per heavy atom. The number of carboxylic acid groups (broad SMARTS) is 1. The number of nitrogens with two attached hydrogens (primary N) is 1. The van der Waals surface area contributed by atoms with Gasteiger partial charge in [-0.3, -0.25) is 15.0 Å². The van der Waals surface area contributed by atoms with E-state index in [1.54, 1.807) is 17.0 Å². The first kappa shape index (κ1) is 24.3. The van der Waals surface area contributed by atoms with E-state index in [1.807, 2.05) is 36.4 Å². The number of rotatable bonds is 7. The molecule has 2 heterocycles. The molecular formula is C24H27ClN4O4. The van der Waals surface area contributed by atoms with Crippen LogP contribution in [-0.4, -0.2) is 60.6 Å². The van der Waals surface area contributed by atoms with Crippen LogP contribution in [0, 0.1) is 5.41 Å². The molecule has 0 saturated carbocycles. The second-order valence-corrected chi connectivity index (χ2v) is 7.86. The molecule has 174 valence electrons. The van der Waals surface area contributed by atoms with Crippen LogP contribution in [0.4, 0.5) is 5.69 Å². The lowest BCUT2D eigenvalue weighted by Crippen LogP contribution is -2.37. The molecule has 8 nitrogen and oxygen atoms in total. The summed E-state index contributed by atoms with van der Waals surface area (Å²) < 4.78 is 5.49. The molecule has 0 bridgehead atoms. The van der Waals surface area contributed by atoms with Crippen molar-refractivity contribution in [3.05, 3.63) is 70.9 Å². The van der Waals surface area contributed by atoms with Crippen molar-refractivity contribution in [2.75, 3.05) is 37.7 Å². The zero-order chi connectivity index (χ0) is 22.7. The Hall–Kier alpha value is -3.36. The van der Waals surface area contributed by atoms with Crippen LogP contribution >= 0.6 is 12.4 Å². The first-order valence-electron chi connectivity index (χ1n) is 10.6. The molecule has 1 fully saturated rings. The number of amides is 1. The number of hydrogen-bond acceptors (Lipinski definition) is 5. The highest BCUT2D eigenvalue weighted by atomic mass is 35.5. The van der Waals surface area contributed by atoms with Crippen molar-refractivity contribution in [2.24, 2.45) is 5.73 Å². The van der Waals surface area contributed by atoms with Crippen LogP contribution in [0.5, 0.6) is 0 Å². The molecule has 0 atom stereocenters. The van der Waals surface area contributed by atoms with E-state index in [-0.39, 0.29) is 30.6 Å². The van der Waals surface area contributed by atoms with Crippen LogP contribution in [-0.2, 0) is 20.7 Å². The minimum absolute atomic E-state index is 0. The zero-order valence-corrected chi connectivity index (χ0v) is 18.9. The summed E-state index contributed by atoms with van der Waals surface area (Å²) in [5, 5.41) is 16.5. The van der Waals surface area contributed by atoms with E-state index in [0.717, 1.165) is 35.6 Å². The van der Waals surface area contributed by atoms with Gasteiger partial charge in [-0.25, -0.2) is 0 Å². The third-order valence-electron chi connectivity index (χ3n) is 5.81. The summed E-state index contributed by atoms with van der Waals surface area (Å²) in [6.45, 7) is 3.13. The number of halogens is 1. The fraction of sp³-hybridized carbons (Fsp3) is 0.292. The molecule has 9 heteroatoms. The van der Waals surface area contributed by atoms with E-state index in [0.29, 0.717) is 37.3 Å². The van der Waals surface area contributed by atoms with Crippen molar-refractivity contribution in [3.8, 4) is 0 Å². The van der Waals surface area contributed by atoms with Crippen LogP contribution in [0.15, 0.2) is 54.2 Å². The molecule has 0 radical (unpaired) electrons. The Labute approximate surface area is 198 Å². The molecule has 33 heavy (non-hydrogen) atoms. The normalized spacial score (nSPS) is 16.1. The van der Waals surface area contributed by atoms with Crippen LogP contribution in [0.2, 0.25) is 0 Å². The Morgan fingerprint density at radius 2 is 1.70 bits per heavy atom. The minimum atomic E-state index is -0.830. The lowest BCUT2D eigenvalue weighted by molar-refractivity contribution is -0.137. The summed E-state index contributed by atoms with van der Waals surface area (Å²) in [4.78, 5) is 28.3. The highest BCUT2D eigenvalue weighted by Crippen LogP contribution is 2.34. The molecule has 0 unspecified atom stereocenters. The van der Waals surface area contributed by atoms with Gasteiger partial charge in [0.05, 0.1) is 25.3 Å². The summed E-state index contributed by atoms with van der Waals surface area (Å²) in [5.74, 6) is -0.927. The van der Waals surface area contributed by atoms with Crippen LogP contribution in [0.25, 0.3) is 5.57 Å². The molecule has 2 aromatic rings. The maximum Gasteiger partial charge on any atom is 0.303 e. The summed E-state index contributed by atoms with van der Waals surface area (Å²) in [5.41, 5.74) is 10.3. The van der Waals surface area contributed by atoms with Crippen molar-refractivity contribution in [1.29, 1.82) is 5.41 Å². The number of carboxylic acids is 1. The highest BCUT2D eigenvalue weighted by Gasteiger charge is 2.35. The molecule has 2 aromatic carbocycles. The molecule has 0 spiro atoms. The van der Waals surface area contributed by atoms with E-state index in [2.05, 4.69) is 4.90 Å². The van der Waals surface area contributed by atoms with Gasteiger partial charge in [0.2, 0.25) is 0 Å². The van der Waals surface area contributed by atoms with Crippen molar-refractivity contribution in [3.63, 3.8) is 0 Å². The van der Waals surface area contributed by atoms with E-state index < -0.39 is 5.97 Å². The van der Waals surface area contributed by atoms with Crippen LogP contribution in [0.3, 0.4) is 0 Å². The number of amidine groups is 1. The number of benzene rings is 2. The second-order valence-electron chi connectivity index (χ2n) is 7.86. The molecule has 1 amide bonds. The van der Waals surface area contributed by atoms with E-state index in [9.17, 15) is 9.59 Å². The molecular weight excluding hydrogens is 444 g/mol. The number of ether oxygens (including phenoxy) is 1. The van der Waals surface area contributed by atoms with Crippen molar-refractivity contribution >= 4 is 41.4 Å². The van der Waals surface area contributed by atoms with Gasteiger partial charge in [-0.2, -0.15) is 0 Å². The molecule has 4 rings (SSSR count). The number of nitrogen functional groups attached to an aromatic ring is 1. The van der Waals surface area contributed by atoms with Crippen LogP contribution in [0.1, 0.15) is 23.1 Å². The fourth-order valence-corrected chi connectivity index (χ4v) is 4.06. The first-order chi connectivity index (χ1) is 15.4. The second kappa shape index (κ2) is 10.5. The maximum absolute atomic E-state index is 13.5. The number of anilines is 1. The van der Waals surface area contributed by atoms with Gasteiger partial charge in [0.15, 0.2) is 0 Å². The van der Waals surface area contributed by atoms with Gasteiger partial charge in [0, 0.05) is 36.5 Å². The third kappa shape index (κ3) is 5.35. The van der Waals surface area contributed by atoms with E-state index in [4.69, 9.17) is 21.0 Å². The largest absolute Gasteiger partial charge is 0.481 e. The average molecular weight is 471 g/mol. The molecule has 2 aliphatic heterocycles. The smallest absolute Gasteiger partial charge is 0.303 e. The summed E-state index contributed by atoms with van der Waals surface area (Å²) >= 11 is 0. The predicted octanol–water partition coefficient (Wildman–Crippen LogP) is 2.50. The maximum atomic E-state index is 13.5. The summed E-state index contributed by atoms with van der Waals surface area (Å²) in [6, 6.07) is 14.7.